The number of aliphatic imine (C=N–C) groups is 1. The first kappa shape index (κ1) is 24.2. The zero-order valence-electron chi connectivity index (χ0n) is 19.6. The van der Waals surface area contributed by atoms with Crippen molar-refractivity contribution in [2.75, 3.05) is 46.3 Å². The van der Waals surface area contributed by atoms with Crippen LogP contribution in [0.3, 0.4) is 0 Å². The van der Waals surface area contributed by atoms with E-state index in [2.05, 4.69) is 58.7 Å². The van der Waals surface area contributed by atoms with Gasteiger partial charge >= 0.3 is 0 Å². The second-order valence-corrected chi connectivity index (χ2v) is 8.59. The van der Waals surface area contributed by atoms with E-state index in [0.717, 1.165) is 37.7 Å². The van der Waals surface area contributed by atoms with Crippen LogP contribution in [-0.4, -0.2) is 67.2 Å². The molecule has 3 rings (SSSR count). The largest absolute Gasteiger partial charge is 0.388 e. The number of aliphatic hydroxyl groups is 1. The van der Waals surface area contributed by atoms with Crippen molar-refractivity contribution in [3.8, 4) is 0 Å². The molecule has 1 fully saturated rings. The number of nitrogens with zero attached hydrogens (tertiary/aromatic N) is 3. The molecular weight excluding hydrogens is 398 g/mol. The van der Waals surface area contributed by atoms with Gasteiger partial charge in [-0.25, -0.2) is 4.99 Å². The van der Waals surface area contributed by atoms with Crippen molar-refractivity contribution >= 4 is 5.96 Å². The Hall–Kier alpha value is -2.41. The van der Waals surface area contributed by atoms with Crippen molar-refractivity contribution in [3.63, 3.8) is 0 Å². The molecule has 0 amide bonds. The summed E-state index contributed by atoms with van der Waals surface area (Å²) in [4.78, 5) is 9.68. The Labute approximate surface area is 193 Å². The minimum Gasteiger partial charge on any atom is -0.388 e. The van der Waals surface area contributed by atoms with Crippen LogP contribution in [0.15, 0.2) is 59.6 Å². The van der Waals surface area contributed by atoms with E-state index in [4.69, 9.17) is 4.99 Å². The fourth-order valence-electron chi connectivity index (χ4n) is 3.95. The standard InChI is InChI=1S/C26H39N5O/c1-3-27-26(28-15-14-25(32)24-8-5-4-6-9-24)29-20-22-10-12-23(13-11-22)21-31-17-7-16-30(2)18-19-31/h4-6,8-13,25,32H,3,7,14-21H2,1-2H3,(H2,27,28,29). The summed E-state index contributed by atoms with van der Waals surface area (Å²) < 4.78 is 0. The Morgan fingerprint density at radius 3 is 2.47 bits per heavy atom. The predicted molar refractivity (Wildman–Crippen MR) is 133 cm³/mol. The maximum absolute atomic E-state index is 10.3. The van der Waals surface area contributed by atoms with E-state index in [1.807, 2.05) is 30.3 Å². The number of benzene rings is 2. The Kier molecular flexibility index (Phi) is 10.0. The van der Waals surface area contributed by atoms with Crippen LogP contribution in [0.2, 0.25) is 0 Å². The van der Waals surface area contributed by atoms with Crippen LogP contribution in [0.1, 0.15) is 42.6 Å². The average molecular weight is 438 g/mol. The molecule has 3 N–H and O–H groups in total. The van der Waals surface area contributed by atoms with Crippen LogP contribution in [0.4, 0.5) is 0 Å². The summed E-state index contributed by atoms with van der Waals surface area (Å²) in [7, 11) is 2.21. The highest BCUT2D eigenvalue weighted by molar-refractivity contribution is 5.79. The van der Waals surface area contributed by atoms with Crippen molar-refractivity contribution in [1.82, 2.24) is 20.4 Å². The van der Waals surface area contributed by atoms with Gasteiger partial charge in [0.1, 0.15) is 0 Å². The number of hydrogen-bond donors (Lipinski definition) is 3. The van der Waals surface area contributed by atoms with Crippen LogP contribution < -0.4 is 10.6 Å². The predicted octanol–water partition coefficient (Wildman–Crippen LogP) is 3.00. The molecule has 2 aromatic carbocycles. The van der Waals surface area contributed by atoms with Crippen molar-refractivity contribution in [3.05, 3.63) is 71.3 Å². The number of nitrogens with one attached hydrogen (secondary N) is 2. The van der Waals surface area contributed by atoms with Gasteiger partial charge < -0.3 is 20.6 Å². The van der Waals surface area contributed by atoms with E-state index < -0.39 is 6.10 Å². The molecular formula is C26H39N5O. The Balaban J connectivity index is 1.46. The van der Waals surface area contributed by atoms with E-state index >= 15 is 0 Å². The minimum atomic E-state index is -0.469. The van der Waals surface area contributed by atoms with Crippen molar-refractivity contribution < 1.29 is 5.11 Å². The molecule has 32 heavy (non-hydrogen) atoms. The molecule has 174 valence electrons. The Morgan fingerprint density at radius 2 is 1.72 bits per heavy atom. The molecule has 1 aliphatic rings. The monoisotopic (exact) mass is 437 g/mol. The van der Waals surface area contributed by atoms with Crippen molar-refractivity contribution in [2.45, 2.75) is 39.0 Å². The summed E-state index contributed by atoms with van der Waals surface area (Å²) in [5.74, 6) is 0.783. The summed E-state index contributed by atoms with van der Waals surface area (Å²) in [6.45, 7) is 9.83. The highest BCUT2D eigenvalue weighted by atomic mass is 16.3. The molecule has 0 bridgehead atoms. The van der Waals surface area contributed by atoms with E-state index in [1.165, 1.54) is 30.6 Å². The van der Waals surface area contributed by atoms with E-state index in [-0.39, 0.29) is 0 Å². The number of aliphatic hydroxyl groups excluding tert-OH is 1. The van der Waals surface area contributed by atoms with Crippen molar-refractivity contribution in [2.24, 2.45) is 4.99 Å². The molecule has 1 saturated heterocycles. The van der Waals surface area contributed by atoms with E-state index in [1.54, 1.807) is 0 Å². The van der Waals surface area contributed by atoms with Gasteiger partial charge in [-0.3, -0.25) is 4.90 Å². The molecule has 0 spiro atoms. The lowest BCUT2D eigenvalue weighted by Crippen LogP contribution is -2.38. The fourth-order valence-corrected chi connectivity index (χ4v) is 3.95. The highest BCUT2D eigenvalue weighted by Gasteiger charge is 2.12. The number of hydrogen-bond acceptors (Lipinski definition) is 4. The second-order valence-electron chi connectivity index (χ2n) is 8.59. The molecule has 0 aliphatic carbocycles. The van der Waals surface area contributed by atoms with Gasteiger partial charge in [0.25, 0.3) is 0 Å². The van der Waals surface area contributed by atoms with Crippen LogP contribution in [0, 0.1) is 0 Å². The SMILES string of the molecule is CCNC(=NCc1ccc(CN2CCCN(C)CC2)cc1)NCCC(O)c1ccccc1. The lowest BCUT2D eigenvalue weighted by Gasteiger charge is -2.20. The van der Waals surface area contributed by atoms with Gasteiger partial charge in [0.05, 0.1) is 12.6 Å². The third kappa shape index (κ3) is 8.26. The molecule has 6 heteroatoms. The fraction of sp³-hybridized carbons (Fsp3) is 0.500. The van der Waals surface area contributed by atoms with Crippen LogP contribution in [-0.2, 0) is 13.1 Å². The van der Waals surface area contributed by atoms with Crippen molar-refractivity contribution in [1.29, 1.82) is 0 Å². The summed E-state index contributed by atoms with van der Waals surface area (Å²) in [5, 5.41) is 17.0. The molecule has 2 aromatic rings. The first-order chi connectivity index (χ1) is 15.6. The van der Waals surface area contributed by atoms with Gasteiger partial charge in [0.2, 0.25) is 0 Å². The van der Waals surface area contributed by atoms with Crippen LogP contribution in [0.5, 0.6) is 0 Å². The van der Waals surface area contributed by atoms with E-state index in [0.29, 0.717) is 19.5 Å². The quantitative estimate of drug-likeness (QED) is 0.416. The minimum absolute atomic E-state index is 0.469. The topological polar surface area (TPSA) is 63.1 Å². The summed E-state index contributed by atoms with van der Waals surface area (Å²) in [6.07, 6.45) is 1.41. The van der Waals surface area contributed by atoms with Gasteiger partial charge in [-0.15, -0.1) is 0 Å². The number of guanidine groups is 1. The van der Waals surface area contributed by atoms with Gasteiger partial charge in [-0.1, -0.05) is 54.6 Å². The van der Waals surface area contributed by atoms with Crippen LogP contribution >= 0.6 is 0 Å². The number of rotatable bonds is 9. The normalized spacial score (nSPS) is 17.0. The zero-order chi connectivity index (χ0) is 22.6. The Bertz CT molecular complexity index is 809. The zero-order valence-corrected chi connectivity index (χ0v) is 19.6. The molecule has 0 saturated carbocycles. The molecule has 1 heterocycles. The molecule has 1 unspecified atom stereocenters. The average Bonchev–Trinajstić information content (AvgIpc) is 3.02. The molecule has 6 nitrogen and oxygen atoms in total. The second kappa shape index (κ2) is 13.2. The van der Waals surface area contributed by atoms with Gasteiger partial charge in [0, 0.05) is 32.7 Å². The first-order valence-corrected chi connectivity index (χ1v) is 11.9. The smallest absolute Gasteiger partial charge is 0.191 e. The highest BCUT2D eigenvalue weighted by Crippen LogP contribution is 2.15. The van der Waals surface area contributed by atoms with Crippen LogP contribution in [0.25, 0.3) is 0 Å². The van der Waals surface area contributed by atoms with Gasteiger partial charge in [-0.2, -0.15) is 0 Å². The third-order valence-electron chi connectivity index (χ3n) is 5.90. The maximum atomic E-state index is 10.3. The lowest BCUT2D eigenvalue weighted by molar-refractivity contribution is 0.168. The molecule has 1 aliphatic heterocycles. The lowest BCUT2D eigenvalue weighted by atomic mass is 10.1. The summed E-state index contributed by atoms with van der Waals surface area (Å²) >= 11 is 0. The number of likely N-dealkylation sites (N-methyl/N-ethyl adjacent to an activating group) is 1. The summed E-state index contributed by atoms with van der Waals surface area (Å²) in [5.41, 5.74) is 3.51. The van der Waals surface area contributed by atoms with Gasteiger partial charge in [-0.05, 0) is 56.6 Å². The first-order valence-electron chi connectivity index (χ1n) is 11.9. The molecule has 0 aromatic heterocycles. The van der Waals surface area contributed by atoms with E-state index in [9.17, 15) is 5.11 Å². The molecule has 1 atom stereocenters. The maximum Gasteiger partial charge on any atom is 0.191 e. The Morgan fingerprint density at radius 1 is 0.969 bits per heavy atom. The summed E-state index contributed by atoms with van der Waals surface area (Å²) in [6, 6.07) is 18.6. The van der Waals surface area contributed by atoms with Gasteiger partial charge in [0.15, 0.2) is 5.96 Å². The molecule has 0 radical (unpaired) electrons. The third-order valence-corrected chi connectivity index (χ3v) is 5.90.